The number of nitrogens with one attached hydrogen (secondary N) is 1. The Morgan fingerprint density at radius 3 is 2.60 bits per heavy atom. The van der Waals surface area contributed by atoms with Gasteiger partial charge < -0.3 is 14.8 Å². The summed E-state index contributed by atoms with van der Waals surface area (Å²) in [6.07, 6.45) is 4.58. The molecule has 1 atom stereocenters. The first kappa shape index (κ1) is 21.0. The molecule has 0 spiro atoms. The fraction of sp³-hybridized carbons (Fsp3) is 0.600. The van der Waals surface area contributed by atoms with Gasteiger partial charge in [-0.1, -0.05) is 33.1 Å². The number of hydrogen-bond acceptors (Lipinski definition) is 4. The van der Waals surface area contributed by atoms with Crippen LogP contribution < -0.4 is 10.1 Å². The van der Waals surface area contributed by atoms with Gasteiger partial charge in [-0.15, -0.1) is 0 Å². The molecule has 0 aliphatic carbocycles. The minimum Gasteiger partial charge on any atom is -0.494 e. The van der Waals surface area contributed by atoms with E-state index < -0.39 is 5.60 Å². The smallest absolute Gasteiger partial charge is 0.256 e. The number of carbonyl (C=O) groups is 1. The van der Waals surface area contributed by atoms with E-state index in [4.69, 9.17) is 9.47 Å². The summed E-state index contributed by atoms with van der Waals surface area (Å²) in [5.74, 6) is 0.405. The Morgan fingerprint density at radius 1 is 1.24 bits per heavy atom. The highest BCUT2D eigenvalue weighted by Crippen LogP contribution is 2.26. The van der Waals surface area contributed by atoms with Crippen LogP contribution in [0.4, 0.5) is 5.69 Å². The number of unbranched alkanes of at least 4 members (excludes halogenated alkanes) is 2. The molecule has 1 amide bonds. The van der Waals surface area contributed by atoms with E-state index >= 15 is 0 Å². The van der Waals surface area contributed by atoms with E-state index in [0.29, 0.717) is 36.6 Å². The van der Waals surface area contributed by atoms with Crippen molar-refractivity contribution in [3.05, 3.63) is 23.8 Å². The van der Waals surface area contributed by atoms with Gasteiger partial charge in [0.25, 0.3) is 5.91 Å². The molecule has 0 fully saturated rings. The predicted molar refractivity (Wildman–Crippen MR) is 99.7 cm³/mol. The fourth-order valence-corrected chi connectivity index (χ4v) is 2.53. The maximum Gasteiger partial charge on any atom is 0.256 e. The van der Waals surface area contributed by atoms with Gasteiger partial charge in [-0.05, 0) is 44.9 Å². The highest BCUT2D eigenvalue weighted by Gasteiger charge is 2.34. The Balaban J connectivity index is 2.93. The van der Waals surface area contributed by atoms with Crippen molar-refractivity contribution in [3.8, 4) is 11.8 Å². The molecule has 1 unspecified atom stereocenters. The summed E-state index contributed by atoms with van der Waals surface area (Å²) in [5.41, 5.74) is -0.0280. The van der Waals surface area contributed by atoms with Gasteiger partial charge in [0.15, 0.2) is 0 Å². The van der Waals surface area contributed by atoms with Crippen LogP contribution >= 0.6 is 0 Å². The lowest BCUT2D eigenvalue weighted by molar-refractivity contribution is -0.140. The molecule has 0 aromatic heterocycles. The van der Waals surface area contributed by atoms with Crippen LogP contribution in [0.5, 0.6) is 5.75 Å². The lowest BCUT2D eigenvalue weighted by Crippen LogP contribution is -2.43. The first-order valence-corrected chi connectivity index (χ1v) is 9.13. The van der Waals surface area contributed by atoms with Crippen LogP contribution in [0.25, 0.3) is 0 Å². The number of nitriles is 1. The van der Waals surface area contributed by atoms with Gasteiger partial charge in [0.2, 0.25) is 0 Å². The second-order valence-corrected chi connectivity index (χ2v) is 6.24. The standard InChI is InChI=1S/C20H30N2O3/c1-5-8-9-12-20(4,25-13-6-2)19(23)22-18-11-10-17(24-7-3)14-16(18)15-21/h10-11,14H,5-9,12-13H2,1-4H3,(H,22,23). The van der Waals surface area contributed by atoms with Gasteiger partial charge >= 0.3 is 0 Å². The Labute approximate surface area is 151 Å². The average molecular weight is 346 g/mol. The van der Waals surface area contributed by atoms with Crippen molar-refractivity contribution in [3.63, 3.8) is 0 Å². The minimum atomic E-state index is -0.892. The number of ether oxygens (including phenoxy) is 2. The van der Waals surface area contributed by atoms with Crippen molar-refractivity contribution < 1.29 is 14.3 Å². The molecule has 0 aliphatic rings. The van der Waals surface area contributed by atoms with Crippen LogP contribution in [0.1, 0.15) is 65.4 Å². The molecule has 0 radical (unpaired) electrons. The van der Waals surface area contributed by atoms with Crippen molar-refractivity contribution >= 4 is 11.6 Å². The monoisotopic (exact) mass is 346 g/mol. The maximum atomic E-state index is 12.8. The SMILES string of the molecule is CCCCCC(C)(OCCC)C(=O)Nc1ccc(OCC)cc1C#N. The summed E-state index contributed by atoms with van der Waals surface area (Å²) < 4.78 is 11.3. The van der Waals surface area contributed by atoms with Crippen molar-refractivity contribution in [2.75, 3.05) is 18.5 Å². The third-order valence-corrected chi connectivity index (χ3v) is 4.03. The molecule has 1 aromatic rings. The summed E-state index contributed by atoms with van der Waals surface area (Å²) in [4.78, 5) is 12.8. The lowest BCUT2D eigenvalue weighted by atomic mass is 9.96. The van der Waals surface area contributed by atoms with Crippen LogP contribution in [0.2, 0.25) is 0 Å². The summed E-state index contributed by atoms with van der Waals surface area (Å²) in [6.45, 7) is 8.91. The number of hydrogen-bond donors (Lipinski definition) is 1. The summed E-state index contributed by atoms with van der Waals surface area (Å²) in [7, 11) is 0. The Bertz CT molecular complexity index is 595. The van der Waals surface area contributed by atoms with E-state index in [-0.39, 0.29) is 5.91 Å². The Hall–Kier alpha value is -2.06. The number of nitrogens with zero attached hydrogens (tertiary/aromatic N) is 1. The third-order valence-electron chi connectivity index (χ3n) is 4.03. The molecule has 0 saturated carbocycles. The number of benzene rings is 1. The molecular formula is C20H30N2O3. The molecule has 0 heterocycles. The van der Waals surface area contributed by atoms with E-state index in [0.717, 1.165) is 25.7 Å². The second-order valence-electron chi connectivity index (χ2n) is 6.24. The van der Waals surface area contributed by atoms with E-state index in [1.54, 1.807) is 18.2 Å². The van der Waals surface area contributed by atoms with Gasteiger partial charge in [0.05, 0.1) is 17.9 Å². The first-order chi connectivity index (χ1) is 12.0. The van der Waals surface area contributed by atoms with Gasteiger partial charge in [-0.2, -0.15) is 5.26 Å². The largest absolute Gasteiger partial charge is 0.494 e. The molecular weight excluding hydrogens is 316 g/mol. The topological polar surface area (TPSA) is 71.3 Å². The van der Waals surface area contributed by atoms with Gasteiger partial charge in [-0.25, -0.2) is 0 Å². The van der Waals surface area contributed by atoms with Crippen LogP contribution in [0, 0.1) is 11.3 Å². The zero-order chi connectivity index (χ0) is 18.7. The number of anilines is 1. The molecule has 25 heavy (non-hydrogen) atoms. The molecule has 0 bridgehead atoms. The van der Waals surface area contributed by atoms with Gasteiger partial charge in [0.1, 0.15) is 17.4 Å². The highest BCUT2D eigenvalue weighted by atomic mass is 16.5. The second kappa shape index (κ2) is 10.7. The summed E-state index contributed by atoms with van der Waals surface area (Å²) in [5, 5.41) is 12.2. The first-order valence-electron chi connectivity index (χ1n) is 9.13. The molecule has 1 N–H and O–H groups in total. The number of carbonyl (C=O) groups excluding carboxylic acids is 1. The van der Waals surface area contributed by atoms with E-state index in [1.165, 1.54) is 0 Å². The van der Waals surface area contributed by atoms with Gasteiger partial charge in [0, 0.05) is 6.61 Å². The minimum absolute atomic E-state index is 0.210. The molecule has 138 valence electrons. The van der Waals surface area contributed by atoms with Crippen molar-refractivity contribution in [1.82, 2.24) is 0 Å². The normalized spacial score (nSPS) is 12.9. The summed E-state index contributed by atoms with van der Waals surface area (Å²) >= 11 is 0. The average Bonchev–Trinajstić information content (AvgIpc) is 2.61. The van der Waals surface area contributed by atoms with Crippen molar-refractivity contribution in [1.29, 1.82) is 5.26 Å². The van der Waals surface area contributed by atoms with Crippen LogP contribution in [0.15, 0.2) is 18.2 Å². The third kappa shape index (κ3) is 6.39. The van der Waals surface area contributed by atoms with E-state index in [9.17, 15) is 10.1 Å². The molecule has 0 aliphatic heterocycles. The zero-order valence-corrected chi connectivity index (χ0v) is 15.9. The fourth-order valence-electron chi connectivity index (χ4n) is 2.53. The highest BCUT2D eigenvalue weighted by molar-refractivity contribution is 5.98. The Morgan fingerprint density at radius 2 is 2.00 bits per heavy atom. The Kier molecular flexibility index (Phi) is 9.01. The molecule has 1 rings (SSSR count). The van der Waals surface area contributed by atoms with E-state index in [1.807, 2.05) is 20.8 Å². The quantitative estimate of drug-likeness (QED) is 0.591. The van der Waals surface area contributed by atoms with Crippen molar-refractivity contribution in [2.45, 2.75) is 65.4 Å². The predicted octanol–water partition coefficient (Wildman–Crippen LogP) is 4.66. The molecule has 5 heteroatoms. The number of amides is 1. The maximum absolute atomic E-state index is 12.8. The molecule has 5 nitrogen and oxygen atoms in total. The van der Waals surface area contributed by atoms with Crippen LogP contribution in [-0.4, -0.2) is 24.7 Å². The van der Waals surface area contributed by atoms with Crippen LogP contribution in [-0.2, 0) is 9.53 Å². The lowest BCUT2D eigenvalue weighted by Gasteiger charge is -2.29. The molecule has 0 saturated heterocycles. The van der Waals surface area contributed by atoms with Crippen LogP contribution in [0.3, 0.4) is 0 Å². The molecule has 1 aromatic carbocycles. The van der Waals surface area contributed by atoms with Crippen molar-refractivity contribution in [2.24, 2.45) is 0 Å². The number of rotatable bonds is 11. The van der Waals surface area contributed by atoms with E-state index in [2.05, 4.69) is 18.3 Å². The zero-order valence-electron chi connectivity index (χ0n) is 15.9. The summed E-state index contributed by atoms with van der Waals surface area (Å²) in [6, 6.07) is 7.20. The van der Waals surface area contributed by atoms with Gasteiger partial charge in [-0.3, -0.25) is 4.79 Å².